The van der Waals surface area contributed by atoms with Crippen molar-refractivity contribution in [2.45, 2.75) is 50.5 Å². The SMILES string of the molecule is Cc1ccc(S(=O)(=O)N(CCO)C2CCCC2)c(C)c1. The molecule has 2 rings (SSSR count). The highest BCUT2D eigenvalue weighted by molar-refractivity contribution is 7.89. The minimum absolute atomic E-state index is 0.0350. The average molecular weight is 297 g/mol. The van der Waals surface area contributed by atoms with E-state index in [-0.39, 0.29) is 19.2 Å². The van der Waals surface area contributed by atoms with E-state index in [1.165, 1.54) is 4.31 Å². The van der Waals surface area contributed by atoms with Gasteiger partial charge in [0.05, 0.1) is 11.5 Å². The van der Waals surface area contributed by atoms with Crippen LogP contribution in [0, 0.1) is 13.8 Å². The van der Waals surface area contributed by atoms with E-state index in [2.05, 4.69) is 0 Å². The molecule has 1 aromatic carbocycles. The first-order chi connectivity index (χ1) is 9.46. The largest absolute Gasteiger partial charge is 0.395 e. The topological polar surface area (TPSA) is 57.6 Å². The zero-order valence-electron chi connectivity index (χ0n) is 12.2. The van der Waals surface area contributed by atoms with Crippen molar-refractivity contribution in [2.24, 2.45) is 0 Å². The van der Waals surface area contributed by atoms with Gasteiger partial charge in [-0.25, -0.2) is 8.42 Å². The Morgan fingerprint density at radius 3 is 2.45 bits per heavy atom. The van der Waals surface area contributed by atoms with Gasteiger partial charge in [-0.1, -0.05) is 30.5 Å². The van der Waals surface area contributed by atoms with Crippen molar-refractivity contribution in [2.75, 3.05) is 13.2 Å². The lowest BCUT2D eigenvalue weighted by Gasteiger charge is -2.28. The van der Waals surface area contributed by atoms with Gasteiger partial charge in [0.1, 0.15) is 0 Å². The van der Waals surface area contributed by atoms with Gasteiger partial charge in [-0.3, -0.25) is 0 Å². The van der Waals surface area contributed by atoms with Crippen molar-refractivity contribution < 1.29 is 13.5 Å². The molecule has 112 valence electrons. The Hall–Kier alpha value is -0.910. The van der Waals surface area contributed by atoms with Crippen LogP contribution in [0.1, 0.15) is 36.8 Å². The number of aryl methyl sites for hydroxylation is 2. The van der Waals surface area contributed by atoms with Crippen molar-refractivity contribution in [1.29, 1.82) is 0 Å². The molecule has 1 fully saturated rings. The van der Waals surface area contributed by atoms with Crippen LogP contribution < -0.4 is 0 Å². The molecule has 0 saturated heterocycles. The van der Waals surface area contributed by atoms with E-state index in [9.17, 15) is 13.5 Å². The van der Waals surface area contributed by atoms with E-state index >= 15 is 0 Å². The summed E-state index contributed by atoms with van der Waals surface area (Å²) >= 11 is 0. The van der Waals surface area contributed by atoms with Crippen LogP contribution in [0.2, 0.25) is 0 Å². The maximum absolute atomic E-state index is 12.9. The maximum Gasteiger partial charge on any atom is 0.243 e. The number of aliphatic hydroxyl groups excluding tert-OH is 1. The molecule has 1 saturated carbocycles. The van der Waals surface area contributed by atoms with E-state index in [4.69, 9.17) is 0 Å². The lowest BCUT2D eigenvalue weighted by atomic mass is 10.2. The standard InChI is InChI=1S/C15H23NO3S/c1-12-7-8-15(13(2)11-12)20(18,19)16(9-10-17)14-5-3-4-6-14/h7-8,11,14,17H,3-6,9-10H2,1-2H3. The number of aliphatic hydroxyl groups is 1. The molecule has 0 heterocycles. The molecule has 0 aliphatic heterocycles. The number of nitrogens with zero attached hydrogens (tertiary/aromatic N) is 1. The van der Waals surface area contributed by atoms with Crippen LogP contribution in [0.4, 0.5) is 0 Å². The van der Waals surface area contributed by atoms with Crippen LogP contribution >= 0.6 is 0 Å². The van der Waals surface area contributed by atoms with E-state index < -0.39 is 10.0 Å². The lowest BCUT2D eigenvalue weighted by molar-refractivity contribution is 0.226. The zero-order valence-corrected chi connectivity index (χ0v) is 13.0. The summed E-state index contributed by atoms with van der Waals surface area (Å²) < 4.78 is 27.2. The number of hydrogen-bond acceptors (Lipinski definition) is 3. The van der Waals surface area contributed by atoms with Crippen LogP contribution in [-0.4, -0.2) is 37.0 Å². The van der Waals surface area contributed by atoms with Gasteiger partial charge in [0, 0.05) is 12.6 Å². The molecule has 0 unspecified atom stereocenters. The minimum atomic E-state index is -3.52. The monoisotopic (exact) mass is 297 g/mol. The van der Waals surface area contributed by atoms with Crippen molar-refractivity contribution in [1.82, 2.24) is 4.31 Å². The van der Waals surface area contributed by atoms with E-state index in [0.717, 1.165) is 36.8 Å². The normalized spacial score (nSPS) is 17.0. The zero-order chi connectivity index (χ0) is 14.8. The van der Waals surface area contributed by atoms with Crippen molar-refractivity contribution in [3.05, 3.63) is 29.3 Å². The Balaban J connectivity index is 2.39. The second-order valence-electron chi connectivity index (χ2n) is 5.55. The van der Waals surface area contributed by atoms with Crippen molar-refractivity contribution >= 4 is 10.0 Å². The van der Waals surface area contributed by atoms with Crippen LogP contribution in [0.15, 0.2) is 23.1 Å². The summed E-state index contributed by atoms with van der Waals surface area (Å²) in [5.41, 5.74) is 1.82. The Bertz CT molecular complexity index is 562. The predicted octanol–water partition coefficient (Wildman–Crippen LogP) is 2.23. The summed E-state index contributed by atoms with van der Waals surface area (Å²) in [4.78, 5) is 0.364. The van der Waals surface area contributed by atoms with Crippen molar-refractivity contribution in [3.63, 3.8) is 0 Å². The molecule has 0 radical (unpaired) electrons. The van der Waals surface area contributed by atoms with E-state index in [0.29, 0.717) is 4.90 Å². The quantitative estimate of drug-likeness (QED) is 0.906. The maximum atomic E-state index is 12.9. The summed E-state index contributed by atoms with van der Waals surface area (Å²) in [6.07, 6.45) is 3.91. The molecule has 1 aliphatic carbocycles. The van der Waals surface area contributed by atoms with Gasteiger partial charge in [0.15, 0.2) is 0 Å². The van der Waals surface area contributed by atoms with Crippen LogP contribution in [0.5, 0.6) is 0 Å². The molecule has 0 aromatic heterocycles. The number of sulfonamides is 1. The number of rotatable bonds is 5. The third-order valence-electron chi connectivity index (χ3n) is 3.97. The minimum Gasteiger partial charge on any atom is -0.395 e. The highest BCUT2D eigenvalue weighted by atomic mass is 32.2. The van der Waals surface area contributed by atoms with Gasteiger partial charge in [-0.05, 0) is 38.3 Å². The highest BCUT2D eigenvalue weighted by Crippen LogP contribution is 2.29. The summed E-state index contributed by atoms with van der Waals surface area (Å²) in [5, 5.41) is 9.21. The summed E-state index contributed by atoms with van der Waals surface area (Å²) in [6, 6.07) is 5.43. The van der Waals surface area contributed by atoms with Gasteiger partial charge < -0.3 is 5.11 Å². The lowest BCUT2D eigenvalue weighted by Crippen LogP contribution is -2.40. The molecular formula is C15H23NO3S. The highest BCUT2D eigenvalue weighted by Gasteiger charge is 2.33. The van der Waals surface area contributed by atoms with Gasteiger partial charge in [-0.2, -0.15) is 4.31 Å². The molecule has 1 aromatic rings. The Labute approximate surface area is 121 Å². The molecule has 0 atom stereocenters. The molecule has 4 nitrogen and oxygen atoms in total. The molecule has 20 heavy (non-hydrogen) atoms. The molecule has 1 aliphatic rings. The second-order valence-corrected chi connectivity index (χ2v) is 7.41. The first-order valence-corrected chi connectivity index (χ1v) is 8.61. The fraction of sp³-hybridized carbons (Fsp3) is 0.600. The third-order valence-corrected chi connectivity index (χ3v) is 6.08. The van der Waals surface area contributed by atoms with E-state index in [1.807, 2.05) is 26.0 Å². The Morgan fingerprint density at radius 1 is 1.25 bits per heavy atom. The summed E-state index contributed by atoms with van der Waals surface area (Å²) in [5.74, 6) is 0. The van der Waals surface area contributed by atoms with Crippen molar-refractivity contribution in [3.8, 4) is 0 Å². The van der Waals surface area contributed by atoms with Crippen LogP contribution in [0.25, 0.3) is 0 Å². The summed E-state index contributed by atoms with van der Waals surface area (Å²) in [6.45, 7) is 3.82. The first kappa shape index (κ1) is 15.5. The van der Waals surface area contributed by atoms with Gasteiger partial charge in [-0.15, -0.1) is 0 Å². The smallest absolute Gasteiger partial charge is 0.243 e. The Kier molecular flexibility index (Phi) is 4.83. The fourth-order valence-electron chi connectivity index (χ4n) is 3.00. The van der Waals surface area contributed by atoms with Crippen LogP contribution in [0.3, 0.4) is 0 Å². The Morgan fingerprint density at radius 2 is 1.90 bits per heavy atom. The number of benzene rings is 1. The molecule has 0 spiro atoms. The average Bonchev–Trinajstić information content (AvgIpc) is 2.88. The summed E-state index contributed by atoms with van der Waals surface area (Å²) in [7, 11) is -3.52. The molecule has 1 N–H and O–H groups in total. The van der Waals surface area contributed by atoms with Gasteiger partial charge >= 0.3 is 0 Å². The van der Waals surface area contributed by atoms with Gasteiger partial charge in [0.25, 0.3) is 0 Å². The van der Waals surface area contributed by atoms with E-state index in [1.54, 1.807) is 6.07 Å². The predicted molar refractivity (Wildman–Crippen MR) is 79.1 cm³/mol. The first-order valence-electron chi connectivity index (χ1n) is 7.17. The fourth-order valence-corrected chi connectivity index (χ4v) is 4.89. The molecule has 5 heteroatoms. The molecule has 0 bridgehead atoms. The number of hydrogen-bond donors (Lipinski definition) is 1. The molecular weight excluding hydrogens is 274 g/mol. The van der Waals surface area contributed by atoms with Crippen LogP contribution in [-0.2, 0) is 10.0 Å². The second kappa shape index (κ2) is 6.24. The molecule has 0 amide bonds. The van der Waals surface area contributed by atoms with Gasteiger partial charge in [0.2, 0.25) is 10.0 Å². The third kappa shape index (κ3) is 3.05.